The lowest BCUT2D eigenvalue weighted by Crippen LogP contribution is -2.41. The van der Waals surface area contributed by atoms with E-state index in [1.54, 1.807) is 0 Å². The second-order valence-electron chi connectivity index (χ2n) is 7.20. The summed E-state index contributed by atoms with van der Waals surface area (Å²) < 4.78 is 12.2. The highest BCUT2D eigenvalue weighted by molar-refractivity contribution is 5.88. The van der Waals surface area contributed by atoms with E-state index in [0.29, 0.717) is 12.6 Å². The van der Waals surface area contributed by atoms with Gasteiger partial charge in [-0.15, -0.1) is 0 Å². The van der Waals surface area contributed by atoms with Crippen LogP contribution in [0.25, 0.3) is 10.8 Å². The second kappa shape index (κ2) is 7.80. The fourth-order valence-electron chi connectivity index (χ4n) is 2.51. The Labute approximate surface area is 140 Å². The third-order valence-electron chi connectivity index (χ3n) is 3.45. The van der Waals surface area contributed by atoms with Gasteiger partial charge in [-0.3, -0.25) is 0 Å². The van der Waals surface area contributed by atoms with Crippen molar-refractivity contribution in [2.45, 2.75) is 52.4 Å². The molecule has 0 aliphatic heterocycles. The average Bonchev–Trinajstić information content (AvgIpc) is 2.48. The van der Waals surface area contributed by atoms with Crippen molar-refractivity contribution >= 4 is 10.8 Å². The average molecular weight is 315 g/mol. The van der Waals surface area contributed by atoms with Crippen molar-refractivity contribution in [3.8, 4) is 5.75 Å². The van der Waals surface area contributed by atoms with Crippen LogP contribution in [0.5, 0.6) is 5.75 Å². The van der Waals surface area contributed by atoms with E-state index in [1.165, 1.54) is 5.39 Å². The van der Waals surface area contributed by atoms with E-state index in [4.69, 9.17) is 9.47 Å². The van der Waals surface area contributed by atoms with Gasteiger partial charge in [-0.1, -0.05) is 50.2 Å². The van der Waals surface area contributed by atoms with E-state index in [2.05, 4.69) is 58.1 Å². The molecule has 2 rings (SSSR count). The predicted molar refractivity (Wildman–Crippen MR) is 97.2 cm³/mol. The van der Waals surface area contributed by atoms with Crippen LogP contribution in [0.4, 0.5) is 0 Å². The Bertz CT molecular complexity index is 611. The third-order valence-corrected chi connectivity index (χ3v) is 3.45. The van der Waals surface area contributed by atoms with E-state index in [1.807, 2.05) is 24.3 Å². The van der Waals surface area contributed by atoms with Crippen LogP contribution in [0, 0.1) is 0 Å². The molecule has 2 aromatic rings. The molecule has 0 saturated heterocycles. The summed E-state index contributed by atoms with van der Waals surface area (Å²) in [5.41, 5.74) is -0.189. The van der Waals surface area contributed by atoms with Gasteiger partial charge in [0.1, 0.15) is 18.5 Å². The molecule has 0 spiro atoms. The van der Waals surface area contributed by atoms with Gasteiger partial charge in [0, 0.05) is 18.0 Å². The Balaban J connectivity index is 2.06. The Hall–Kier alpha value is -1.58. The molecule has 2 aromatic carbocycles. The molecule has 0 radical (unpaired) electrons. The zero-order valence-corrected chi connectivity index (χ0v) is 14.9. The Morgan fingerprint density at radius 3 is 2.39 bits per heavy atom. The molecule has 3 heteroatoms. The van der Waals surface area contributed by atoms with Gasteiger partial charge >= 0.3 is 0 Å². The minimum Gasteiger partial charge on any atom is -0.490 e. The molecular weight excluding hydrogens is 286 g/mol. The van der Waals surface area contributed by atoms with E-state index in [-0.39, 0.29) is 11.7 Å². The van der Waals surface area contributed by atoms with Gasteiger partial charge in [-0.05, 0) is 32.2 Å². The van der Waals surface area contributed by atoms with Crippen LogP contribution in [-0.4, -0.2) is 30.9 Å². The summed E-state index contributed by atoms with van der Waals surface area (Å²) in [6.45, 7) is 11.8. The van der Waals surface area contributed by atoms with Gasteiger partial charge in [0.2, 0.25) is 0 Å². The van der Waals surface area contributed by atoms with Crippen LogP contribution < -0.4 is 10.1 Å². The maximum Gasteiger partial charge on any atom is 0.127 e. The second-order valence-corrected chi connectivity index (χ2v) is 7.20. The predicted octanol–water partition coefficient (Wildman–Crippen LogP) is 4.40. The molecule has 0 aliphatic rings. The summed E-state index contributed by atoms with van der Waals surface area (Å²) in [5, 5.41) is 5.77. The molecule has 0 fully saturated rings. The summed E-state index contributed by atoms with van der Waals surface area (Å²) in [4.78, 5) is 0. The summed E-state index contributed by atoms with van der Waals surface area (Å²) in [6, 6.07) is 14.9. The van der Waals surface area contributed by atoms with Gasteiger partial charge in [-0.25, -0.2) is 0 Å². The maximum atomic E-state index is 6.13. The number of ether oxygens (including phenoxy) is 2. The Kier molecular flexibility index (Phi) is 6.03. The molecule has 0 amide bonds. The van der Waals surface area contributed by atoms with Crippen molar-refractivity contribution in [3.63, 3.8) is 0 Å². The first-order valence-corrected chi connectivity index (χ1v) is 8.37. The largest absolute Gasteiger partial charge is 0.490 e. The lowest BCUT2D eigenvalue weighted by molar-refractivity contribution is -0.0747. The van der Waals surface area contributed by atoms with Crippen LogP contribution in [0.15, 0.2) is 42.5 Å². The van der Waals surface area contributed by atoms with Crippen LogP contribution in [-0.2, 0) is 4.74 Å². The molecule has 1 atom stereocenters. The van der Waals surface area contributed by atoms with E-state index < -0.39 is 0 Å². The van der Waals surface area contributed by atoms with Gasteiger partial charge < -0.3 is 14.8 Å². The van der Waals surface area contributed by atoms with Crippen molar-refractivity contribution in [2.75, 3.05) is 13.2 Å². The van der Waals surface area contributed by atoms with Crippen molar-refractivity contribution in [3.05, 3.63) is 42.5 Å². The van der Waals surface area contributed by atoms with E-state index >= 15 is 0 Å². The third kappa shape index (κ3) is 5.85. The number of benzene rings is 2. The minimum atomic E-state index is -0.189. The van der Waals surface area contributed by atoms with Crippen molar-refractivity contribution in [1.82, 2.24) is 5.32 Å². The monoisotopic (exact) mass is 315 g/mol. The molecule has 0 saturated carbocycles. The highest BCUT2D eigenvalue weighted by atomic mass is 16.5. The number of fused-ring (bicyclic) bond motifs is 1. The first kappa shape index (κ1) is 17.8. The van der Waals surface area contributed by atoms with Crippen molar-refractivity contribution in [1.29, 1.82) is 0 Å². The smallest absolute Gasteiger partial charge is 0.127 e. The molecule has 0 aromatic heterocycles. The first-order chi connectivity index (χ1) is 10.8. The molecule has 1 N–H and O–H groups in total. The highest BCUT2D eigenvalue weighted by Gasteiger charge is 2.20. The van der Waals surface area contributed by atoms with Gasteiger partial charge in [0.05, 0.1) is 5.60 Å². The summed E-state index contributed by atoms with van der Waals surface area (Å²) in [7, 11) is 0. The maximum absolute atomic E-state index is 6.13. The van der Waals surface area contributed by atoms with Crippen molar-refractivity contribution in [2.24, 2.45) is 0 Å². The van der Waals surface area contributed by atoms with Crippen LogP contribution in [0.2, 0.25) is 0 Å². The quantitative estimate of drug-likeness (QED) is 0.821. The van der Waals surface area contributed by atoms with Crippen LogP contribution in [0.1, 0.15) is 34.6 Å². The molecular formula is C20H29NO2. The molecule has 0 aliphatic carbocycles. The van der Waals surface area contributed by atoms with Crippen LogP contribution >= 0.6 is 0 Å². The summed E-state index contributed by atoms with van der Waals surface area (Å²) in [5.74, 6) is 0.912. The molecule has 3 nitrogen and oxygen atoms in total. The lowest BCUT2D eigenvalue weighted by Gasteiger charge is -2.28. The van der Waals surface area contributed by atoms with Crippen LogP contribution in [0.3, 0.4) is 0 Å². The minimum absolute atomic E-state index is 0.0105. The molecule has 0 heterocycles. The lowest BCUT2D eigenvalue weighted by atomic mass is 10.1. The zero-order chi connectivity index (χ0) is 16.9. The number of hydrogen-bond acceptors (Lipinski definition) is 3. The molecule has 126 valence electrons. The molecule has 0 bridgehead atoms. The van der Waals surface area contributed by atoms with Gasteiger partial charge in [0.25, 0.3) is 0 Å². The standard InChI is InChI=1S/C20H29NO2/c1-15(2)21-13-17(23-20(3,4)5)14-22-19-12-8-10-16-9-6-7-11-18(16)19/h6-12,15,17,21H,13-14H2,1-5H3. The normalized spacial score (nSPS) is 13.5. The van der Waals surface area contributed by atoms with Crippen molar-refractivity contribution < 1.29 is 9.47 Å². The fourth-order valence-corrected chi connectivity index (χ4v) is 2.51. The summed E-state index contributed by atoms with van der Waals surface area (Å²) in [6.07, 6.45) is 0.0105. The topological polar surface area (TPSA) is 30.5 Å². The Morgan fingerprint density at radius 1 is 1.00 bits per heavy atom. The zero-order valence-electron chi connectivity index (χ0n) is 14.9. The SMILES string of the molecule is CC(C)NCC(COc1cccc2ccccc12)OC(C)(C)C. The van der Waals surface area contributed by atoms with Gasteiger partial charge in [0.15, 0.2) is 0 Å². The Morgan fingerprint density at radius 2 is 1.70 bits per heavy atom. The highest BCUT2D eigenvalue weighted by Crippen LogP contribution is 2.25. The van der Waals surface area contributed by atoms with E-state index in [9.17, 15) is 0 Å². The number of hydrogen-bond donors (Lipinski definition) is 1. The molecule has 23 heavy (non-hydrogen) atoms. The number of rotatable bonds is 7. The van der Waals surface area contributed by atoms with E-state index in [0.717, 1.165) is 17.7 Å². The summed E-state index contributed by atoms with van der Waals surface area (Å²) >= 11 is 0. The number of nitrogens with one attached hydrogen (secondary N) is 1. The first-order valence-electron chi connectivity index (χ1n) is 8.37. The fraction of sp³-hybridized carbons (Fsp3) is 0.500. The van der Waals surface area contributed by atoms with Gasteiger partial charge in [-0.2, -0.15) is 0 Å². The molecule has 1 unspecified atom stereocenters.